The van der Waals surface area contributed by atoms with Crippen molar-refractivity contribution in [3.8, 4) is 0 Å². The number of benzene rings is 2. The maximum atomic E-state index is 13.7. The number of amides is 1. The first-order valence-electron chi connectivity index (χ1n) is 12.8. The Hall–Kier alpha value is -3.27. The minimum atomic E-state index is -0.442. The zero-order chi connectivity index (χ0) is 26.1. The molecule has 196 valence electrons. The minimum Gasteiger partial charge on any atom is -0.382 e. The van der Waals surface area contributed by atoms with Gasteiger partial charge in [0.05, 0.1) is 36.8 Å². The zero-order valence-electron chi connectivity index (χ0n) is 21.7. The van der Waals surface area contributed by atoms with Crippen LogP contribution in [0.25, 0.3) is 10.9 Å². The van der Waals surface area contributed by atoms with Crippen LogP contribution < -0.4 is 16.2 Å². The summed E-state index contributed by atoms with van der Waals surface area (Å²) in [5.74, 6) is 0.229. The number of hydrogen-bond acceptors (Lipinski definition) is 7. The molecule has 9 heteroatoms. The van der Waals surface area contributed by atoms with Crippen molar-refractivity contribution in [3.63, 3.8) is 0 Å². The molecule has 2 atom stereocenters. The summed E-state index contributed by atoms with van der Waals surface area (Å²) < 4.78 is 18.6. The second-order valence-corrected chi connectivity index (χ2v) is 9.87. The monoisotopic (exact) mass is 506 g/mol. The van der Waals surface area contributed by atoms with E-state index in [0.717, 1.165) is 41.9 Å². The largest absolute Gasteiger partial charge is 0.382 e. The van der Waals surface area contributed by atoms with Gasteiger partial charge < -0.3 is 24.8 Å². The van der Waals surface area contributed by atoms with E-state index in [-0.39, 0.29) is 17.8 Å². The van der Waals surface area contributed by atoms with Crippen molar-refractivity contribution < 1.29 is 19.0 Å². The first-order valence-corrected chi connectivity index (χ1v) is 12.8. The second-order valence-electron chi connectivity index (χ2n) is 9.87. The maximum Gasteiger partial charge on any atom is 0.261 e. The predicted octanol–water partition coefficient (Wildman–Crippen LogP) is 2.67. The number of methoxy groups -OCH3 is 1. The van der Waals surface area contributed by atoms with Gasteiger partial charge in [-0.15, -0.1) is 0 Å². The van der Waals surface area contributed by atoms with Gasteiger partial charge in [-0.2, -0.15) is 0 Å². The van der Waals surface area contributed by atoms with Crippen molar-refractivity contribution in [3.05, 3.63) is 68.8 Å². The molecule has 0 spiro atoms. The van der Waals surface area contributed by atoms with E-state index < -0.39 is 5.91 Å². The third kappa shape index (κ3) is 5.12. The van der Waals surface area contributed by atoms with Crippen LogP contribution in [-0.4, -0.2) is 61.6 Å². The molecule has 3 heterocycles. The highest BCUT2D eigenvalue weighted by Crippen LogP contribution is 2.30. The molecule has 3 aromatic rings. The number of ether oxygens (including phenoxy) is 3. The molecule has 5 rings (SSSR count). The van der Waals surface area contributed by atoms with E-state index in [1.165, 1.54) is 0 Å². The molecule has 1 aromatic heterocycles. The number of carbonyl (C=O) groups excluding carboxylic acids is 1. The van der Waals surface area contributed by atoms with Gasteiger partial charge >= 0.3 is 0 Å². The molecule has 37 heavy (non-hydrogen) atoms. The number of anilines is 1. The molecule has 1 unspecified atom stereocenters. The topological polar surface area (TPSA) is 109 Å². The molecule has 9 nitrogen and oxygen atoms in total. The summed E-state index contributed by atoms with van der Waals surface area (Å²) >= 11 is 0. The summed E-state index contributed by atoms with van der Waals surface area (Å²) in [4.78, 5) is 32.6. The Bertz CT molecular complexity index is 1360. The van der Waals surface area contributed by atoms with Crippen LogP contribution in [0.4, 0.5) is 5.69 Å². The lowest BCUT2D eigenvalue weighted by Gasteiger charge is -2.34. The van der Waals surface area contributed by atoms with Gasteiger partial charge in [-0.25, -0.2) is 4.98 Å². The van der Waals surface area contributed by atoms with Gasteiger partial charge in [0.25, 0.3) is 5.56 Å². The Morgan fingerprint density at radius 1 is 1.16 bits per heavy atom. The van der Waals surface area contributed by atoms with E-state index in [1.807, 2.05) is 44.2 Å². The van der Waals surface area contributed by atoms with E-state index in [0.29, 0.717) is 55.1 Å². The van der Waals surface area contributed by atoms with E-state index in [1.54, 1.807) is 11.7 Å². The Balaban J connectivity index is 1.47. The Morgan fingerprint density at radius 3 is 2.57 bits per heavy atom. The summed E-state index contributed by atoms with van der Waals surface area (Å²) in [7, 11) is 1.68. The van der Waals surface area contributed by atoms with Gasteiger partial charge in [0, 0.05) is 44.4 Å². The van der Waals surface area contributed by atoms with E-state index in [2.05, 4.69) is 4.90 Å². The van der Waals surface area contributed by atoms with Gasteiger partial charge in [0.2, 0.25) is 5.91 Å². The van der Waals surface area contributed by atoms with Crippen LogP contribution in [0, 0.1) is 13.8 Å². The number of hydrogen-bond donors (Lipinski definition) is 1. The van der Waals surface area contributed by atoms with Crippen LogP contribution in [0.15, 0.2) is 35.1 Å². The van der Waals surface area contributed by atoms with Crippen LogP contribution in [0.1, 0.15) is 45.4 Å². The van der Waals surface area contributed by atoms with Crippen molar-refractivity contribution in [2.45, 2.75) is 45.4 Å². The highest BCUT2D eigenvalue weighted by molar-refractivity contribution is 5.93. The van der Waals surface area contributed by atoms with Crippen LogP contribution in [0.2, 0.25) is 0 Å². The molecule has 2 aliphatic rings. The predicted molar refractivity (Wildman–Crippen MR) is 141 cm³/mol. The molecule has 0 radical (unpaired) electrons. The molecule has 2 saturated heterocycles. The molecular weight excluding hydrogens is 472 g/mol. The van der Waals surface area contributed by atoms with Crippen LogP contribution in [0.3, 0.4) is 0 Å². The van der Waals surface area contributed by atoms with Gasteiger partial charge in [0.15, 0.2) is 0 Å². The fourth-order valence-electron chi connectivity index (χ4n) is 5.32. The molecule has 0 saturated carbocycles. The average molecular weight is 507 g/mol. The van der Waals surface area contributed by atoms with Crippen LogP contribution in [-0.2, 0) is 27.2 Å². The number of carbonyl (C=O) groups is 1. The molecule has 2 fully saturated rings. The van der Waals surface area contributed by atoms with E-state index in [9.17, 15) is 9.59 Å². The molecule has 2 aliphatic heterocycles. The second kappa shape index (κ2) is 10.6. The van der Waals surface area contributed by atoms with Crippen molar-refractivity contribution in [1.82, 2.24) is 9.55 Å². The smallest absolute Gasteiger partial charge is 0.261 e. The van der Waals surface area contributed by atoms with Crippen molar-refractivity contribution in [1.29, 1.82) is 0 Å². The van der Waals surface area contributed by atoms with Crippen LogP contribution in [0.5, 0.6) is 0 Å². The molecule has 0 bridgehead atoms. The third-order valence-electron chi connectivity index (χ3n) is 7.38. The van der Waals surface area contributed by atoms with Crippen molar-refractivity contribution >= 4 is 22.5 Å². The lowest BCUT2D eigenvalue weighted by atomic mass is 9.96. The number of rotatable bonds is 8. The highest BCUT2D eigenvalue weighted by atomic mass is 16.5. The highest BCUT2D eigenvalue weighted by Gasteiger charge is 2.27. The summed E-state index contributed by atoms with van der Waals surface area (Å²) in [5.41, 5.74) is 10.7. The maximum absolute atomic E-state index is 13.7. The van der Waals surface area contributed by atoms with E-state index in [4.69, 9.17) is 24.9 Å². The summed E-state index contributed by atoms with van der Waals surface area (Å²) in [6.07, 6.45) is 1.30. The number of fused-ring (bicyclic) bond motifs is 1. The lowest BCUT2D eigenvalue weighted by molar-refractivity contribution is -0.0604. The third-order valence-corrected chi connectivity index (χ3v) is 7.38. The summed E-state index contributed by atoms with van der Waals surface area (Å²) in [6, 6.07) is 9.48. The standard InChI is InChI=1S/C28H34N4O5/c1-17-12-19(26(29)33)13-18(2)22(17)6-8-32-27(25-7-10-37-25)30-24-14-20(4-5-23(24)28(32)34)31-9-11-36-21(15-31)16-35-3/h4-5,12-14,21,25H,6-11,15-16H2,1-3H3,(H2,29,33)/t21-,25?/m1/s1. The zero-order valence-corrected chi connectivity index (χ0v) is 21.7. The SMILES string of the molecule is COC[C@H]1CN(c2ccc3c(=O)n(CCc4c(C)cc(C(N)=O)cc4C)c(C4CCO4)nc3c2)CCO1. The van der Waals surface area contributed by atoms with Crippen molar-refractivity contribution in [2.75, 3.05) is 44.9 Å². The van der Waals surface area contributed by atoms with Crippen molar-refractivity contribution in [2.24, 2.45) is 5.73 Å². The van der Waals surface area contributed by atoms with Gasteiger partial charge in [-0.05, 0) is 67.3 Å². The molecule has 2 N–H and O–H groups in total. The average Bonchev–Trinajstić information content (AvgIpc) is 2.84. The number of nitrogens with zero attached hydrogens (tertiary/aromatic N) is 3. The first-order chi connectivity index (χ1) is 17.9. The van der Waals surface area contributed by atoms with Gasteiger partial charge in [-0.3, -0.25) is 14.2 Å². The minimum absolute atomic E-state index is 0.0123. The number of morpholine rings is 1. The lowest BCUT2D eigenvalue weighted by Crippen LogP contribution is -2.44. The quantitative estimate of drug-likeness (QED) is 0.500. The normalized spacial score (nSPS) is 19.7. The molecule has 1 amide bonds. The Morgan fingerprint density at radius 2 is 1.92 bits per heavy atom. The molecular formula is C28H34N4O5. The molecule has 0 aliphatic carbocycles. The number of primary amides is 1. The summed E-state index contributed by atoms with van der Waals surface area (Å²) in [5, 5.41) is 0.589. The number of nitrogens with two attached hydrogens (primary N) is 1. The van der Waals surface area contributed by atoms with Crippen LogP contribution >= 0.6 is 0 Å². The van der Waals surface area contributed by atoms with E-state index >= 15 is 0 Å². The number of aryl methyl sites for hydroxylation is 2. The first kappa shape index (κ1) is 25.4. The molecule has 2 aromatic carbocycles. The number of aromatic nitrogens is 2. The Labute approximate surface area is 216 Å². The fraction of sp³-hybridized carbons (Fsp3) is 0.464. The van der Waals surface area contributed by atoms with Gasteiger partial charge in [0.1, 0.15) is 11.9 Å². The fourth-order valence-corrected chi connectivity index (χ4v) is 5.32. The Kier molecular flexibility index (Phi) is 7.28. The van der Waals surface area contributed by atoms with Gasteiger partial charge in [-0.1, -0.05) is 0 Å². The summed E-state index contributed by atoms with van der Waals surface area (Å²) in [6.45, 7) is 7.74.